The lowest BCUT2D eigenvalue weighted by molar-refractivity contribution is -0.0263. The van der Waals surface area contributed by atoms with E-state index in [1.807, 2.05) is 12.1 Å². The molecule has 1 heterocycles. The molecule has 1 aliphatic heterocycles. The molecule has 1 fully saturated rings. The minimum atomic E-state index is -0.459. The van der Waals surface area contributed by atoms with Gasteiger partial charge in [0, 0.05) is 19.7 Å². The average molecular weight is 265 g/mol. The minimum Gasteiger partial charge on any atom is -0.508 e. The van der Waals surface area contributed by atoms with Gasteiger partial charge in [0.05, 0.1) is 0 Å². The molecule has 1 unspecified atom stereocenters. The molecule has 0 amide bonds. The van der Waals surface area contributed by atoms with Crippen molar-refractivity contribution in [1.82, 2.24) is 4.90 Å². The van der Waals surface area contributed by atoms with E-state index in [4.69, 9.17) is 5.11 Å². The van der Waals surface area contributed by atoms with E-state index in [0.29, 0.717) is 24.5 Å². The first kappa shape index (κ1) is 14.3. The van der Waals surface area contributed by atoms with E-state index >= 15 is 0 Å². The van der Waals surface area contributed by atoms with Crippen LogP contribution < -0.4 is 0 Å². The van der Waals surface area contributed by atoms with Crippen molar-refractivity contribution in [3.8, 4) is 5.75 Å². The van der Waals surface area contributed by atoms with Crippen molar-refractivity contribution in [2.75, 3.05) is 19.7 Å². The van der Waals surface area contributed by atoms with Crippen molar-refractivity contribution in [3.63, 3.8) is 0 Å². The van der Waals surface area contributed by atoms with Crippen molar-refractivity contribution < 1.29 is 15.3 Å². The molecule has 2 rings (SSSR count). The highest BCUT2D eigenvalue weighted by molar-refractivity contribution is 5.31. The summed E-state index contributed by atoms with van der Waals surface area (Å²) in [6.07, 6.45) is 2.74. The first-order valence-corrected chi connectivity index (χ1v) is 7.00. The van der Waals surface area contributed by atoms with E-state index in [1.165, 1.54) is 0 Å². The molecule has 106 valence electrons. The molecule has 19 heavy (non-hydrogen) atoms. The maximum absolute atomic E-state index is 10.2. The summed E-state index contributed by atoms with van der Waals surface area (Å²) >= 11 is 0. The molecular formula is C15H23NO3. The molecule has 3 N–H and O–H groups in total. The number of aliphatic hydroxyl groups is 2. The summed E-state index contributed by atoms with van der Waals surface area (Å²) in [5.41, 5.74) is 0.881. The SMILES string of the molecule is OCC1CCN(C(O)CCc2ccccc2O)CC1. The van der Waals surface area contributed by atoms with Crippen LogP contribution in [0.4, 0.5) is 0 Å². The number of rotatable bonds is 5. The molecule has 1 aromatic rings. The molecule has 0 radical (unpaired) electrons. The normalized spacial score (nSPS) is 19.5. The third-order valence-electron chi connectivity index (χ3n) is 3.99. The van der Waals surface area contributed by atoms with Crippen LogP contribution in [0.25, 0.3) is 0 Å². The van der Waals surface area contributed by atoms with Crippen molar-refractivity contribution in [2.45, 2.75) is 31.9 Å². The molecule has 0 aliphatic carbocycles. The van der Waals surface area contributed by atoms with Crippen LogP contribution in [-0.2, 0) is 6.42 Å². The number of phenols is 1. The summed E-state index contributed by atoms with van der Waals surface area (Å²) in [4.78, 5) is 2.06. The number of piperidine rings is 1. The number of para-hydroxylation sites is 1. The molecule has 0 bridgehead atoms. The number of aromatic hydroxyl groups is 1. The van der Waals surface area contributed by atoms with Crippen LogP contribution in [0.3, 0.4) is 0 Å². The molecule has 4 heteroatoms. The molecular weight excluding hydrogens is 242 g/mol. The molecule has 1 aromatic carbocycles. The highest BCUT2D eigenvalue weighted by Gasteiger charge is 2.23. The second-order valence-electron chi connectivity index (χ2n) is 5.31. The fourth-order valence-electron chi connectivity index (χ4n) is 2.62. The molecule has 0 spiro atoms. The van der Waals surface area contributed by atoms with Crippen LogP contribution in [-0.4, -0.2) is 46.1 Å². The molecule has 1 atom stereocenters. The minimum absolute atomic E-state index is 0.252. The Bertz CT molecular complexity index is 389. The third-order valence-corrected chi connectivity index (χ3v) is 3.99. The Morgan fingerprint density at radius 2 is 1.89 bits per heavy atom. The van der Waals surface area contributed by atoms with Gasteiger partial charge in [0.15, 0.2) is 0 Å². The zero-order chi connectivity index (χ0) is 13.7. The second-order valence-corrected chi connectivity index (χ2v) is 5.31. The van der Waals surface area contributed by atoms with Gasteiger partial charge < -0.3 is 15.3 Å². The standard InChI is InChI=1S/C15H23NO3/c17-11-12-7-9-16(10-8-12)15(19)6-5-13-3-1-2-4-14(13)18/h1-4,12,15,17-19H,5-11H2. The molecule has 1 saturated heterocycles. The zero-order valence-electron chi connectivity index (χ0n) is 11.2. The lowest BCUT2D eigenvalue weighted by atomic mass is 9.97. The van der Waals surface area contributed by atoms with E-state index in [-0.39, 0.29) is 6.61 Å². The Morgan fingerprint density at radius 3 is 2.53 bits per heavy atom. The first-order valence-electron chi connectivity index (χ1n) is 7.00. The predicted octanol–water partition coefficient (Wildman–Crippen LogP) is 1.35. The summed E-state index contributed by atoms with van der Waals surface area (Å²) in [7, 11) is 0. The largest absolute Gasteiger partial charge is 0.508 e. The van der Waals surface area contributed by atoms with Crippen LogP contribution >= 0.6 is 0 Å². The number of likely N-dealkylation sites (tertiary alicyclic amines) is 1. The van der Waals surface area contributed by atoms with E-state index in [2.05, 4.69) is 4.90 Å². The van der Waals surface area contributed by atoms with Crippen molar-refractivity contribution in [3.05, 3.63) is 29.8 Å². The fraction of sp³-hybridized carbons (Fsp3) is 0.600. The summed E-state index contributed by atoms with van der Waals surface area (Å²) < 4.78 is 0. The van der Waals surface area contributed by atoms with Crippen LogP contribution in [0, 0.1) is 5.92 Å². The van der Waals surface area contributed by atoms with Crippen molar-refractivity contribution in [2.24, 2.45) is 5.92 Å². The Labute approximate surface area is 114 Å². The summed E-state index contributed by atoms with van der Waals surface area (Å²) in [6.45, 7) is 1.93. The van der Waals surface area contributed by atoms with Crippen LogP contribution in [0.15, 0.2) is 24.3 Å². The van der Waals surface area contributed by atoms with Gasteiger partial charge in [-0.25, -0.2) is 0 Å². The highest BCUT2D eigenvalue weighted by atomic mass is 16.3. The fourth-order valence-corrected chi connectivity index (χ4v) is 2.62. The van der Waals surface area contributed by atoms with Gasteiger partial charge in [0.1, 0.15) is 12.0 Å². The summed E-state index contributed by atoms with van der Waals surface area (Å²) in [5.74, 6) is 0.690. The predicted molar refractivity (Wildman–Crippen MR) is 73.8 cm³/mol. The monoisotopic (exact) mass is 265 g/mol. The second kappa shape index (κ2) is 6.89. The summed E-state index contributed by atoms with van der Waals surface area (Å²) in [6, 6.07) is 7.26. The lowest BCUT2D eigenvalue weighted by Crippen LogP contribution is -2.42. The van der Waals surface area contributed by atoms with Crippen molar-refractivity contribution >= 4 is 0 Å². The molecule has 1 aliphatic rings. The van der Waals surface area contributed by atoms with Crippen LogP contribution in [0.5, 0.6) is 5.75 Å². The van der Waals surface area contributed by atoms with E-state index in [0.717, 1.165) is 31.5 Å². The van der Waals surface area contributed by atoms with Gasteiger partial charge in [-0.2, -0.15) is 0 Å². The highest BCUT2D eigenvalue weighted by Crippen LogP contribution is 2.21. The molecule has 0 aromatic heterocycles. The van der Waals surface area contributed by atoms with Gasteiger partial charge >= 0.3 is 0 Å². The van der Waals surface area contributed by atoms with Gasteiger partial charge in [-0.1, -0.05) is 18.2 Å². The third kappa shape index (κ3) is 3.93. The average Bonchev–Trinajstić information content (AvgIpc) is 2.46. The van der Waals surface area contributed by atoms with Gasteiger partial charge in [-0.15, -0.1) is 0 Å². The van der Waals surface area contributed by atoms with Gasteiger partial charge in [-0.05, 0) is 43.2 Å². The number of aryl methyl sites for hydroxylation is 1. The van der Waals surface area contributed by atoms with E-state index in [1.54, 1.807) is 12.1 Å². The first-order chi connectivity index (χ1) is 9.20. The van der Waals surface area contributed by atoms with Crippen LogP contribution in [0.2, 0.25) is 0 Å². The Kier molecular flexibility index (Phi) is 5.19. The number of hydrogen-bond acceptors (Lipinski definition) is 4. The zero-order valence-corrected chi connectivity index (χ0v) is 11.2. The van der Waals surface area contributed by atoms with Crippen LogP contribution in [0.1, 0.15) is 24.8 Å². The topological polar surface area (TPSA) is 63.9 Å². The Hall–Kier alpha value is -1.10. The maximum atomic E-state index is 10.2. The lowest BCUT2D eigenvalue weighted by Gasteiger charge is -2.34. The number of benzene rings is 1. The maximum Gasteiger partial charge on any atom is 0.118 e. The van der Waals surface area contributed by atoms with Gasteiger partial charge in [0.2, 0.25) is 0 Å². The van der Waals surface area contributed by atoms with Gasteiger partial charge in [0.25, 0.3) is 0 Å². The molecule has 0 saturated carbocycles. The quantitative estimate of drug-likeness (QED) is 0.752. The summed E-state index contributed by atoms with van der Waals surface area (Å²) in [5, 5.41) is 28.9. The van der Waals surface area contributed by atoms with E-state index < -0.39 is 6.23 Å². The smallest absolute Gasteiger partial charge is 0.118 e. The Balaban J connectivity index is 1.79. The molecule has 4 nitrogen and oxygen atoms in total. The Morgan fingerprint density at radius 1 is 1.21 bits per heavy atom. The van der Waals surface area contributed by atoms with Crippen molar-refractivity contribution in [1.29, 1.82) is 0 Å². The number of aliphatic hydroxyl groups excluding tert-OH is 2. The number of hydrogen-bond donors (Lipinski definition) is 3. The number of nitrogens with zero attached hydrogens (tertiary/aromatic N) is 1. The van der Waals surface area contributed by atoms with Gasteiger partial charge in [-0.3, -0.25) is 4.90 Å². The van der Waals surface area contributed by atoms with E-state index in [9.17, 15) is 10.2 Å². The number of phenolic OH excluding ortho intramolecular Hbond substituents is 1.